The van der Waals surface area contributed by atoms with Crippen LogP contribution in [0.1, 0.15) is 36.3 Å². The van der Waals surface area contributed by atoms with Gasteiger partial charge in [-0.1, -0.05) is 34.1 Å². The molecule has 1 atom stereocenters. The van der Waals surface area contributed by atoms with Crippen LogP contribution in [-0.4, -0.2) is 17.7 Å². The van der Waals surface area contributed by atoms with Gasteiger partial charge in [-0.3, -0.25) is 4.79 Å². The zero-order valence-electron chi connectivity index (χ0n) is 17.0. The van der Waals surface area contributed by atoms with E-state index in [2.05, 4.69) is 22.0 Å². The number of halogens is 2. The van der Waals surface area contributed by atoms with Crippen LogP contribution < -0.4 is 10.5 Å². The van der Waals surface area contributed by atoms with E-state index in [0.29, 0.717) is 46.7 Å². The van der Waals surface area contributed by atoms with E-state index < -0.39 is 5.92 Å². The van der Waals surface area contributed by atoms with E-state index >= 15 is 0 Å². The van der Waals surface area contributed by atoms with Gasteiger partial charge in [0.05, 0.1) is 17.6 Å². The van der Waals surface area contributed by atoms with Crippen molar-refractivity contribution in [2.45, 2.75) is 31.8 Å². The van der Waals surface area contributed by atoms with Gasteiger partial charge in [-0.15, -0.1) is 0 Å². The van der Waals surface area contributed by atoms with Crippen LogP contribution in [0.15, 0.2) is 69.6 Å². The quantitative estimate of drug-likeness (QED) is 0.671. The number of ether oxygens (including phenoxy) is 1. The van der Waals surface area contributed by atoms with Crippen LogP contribution in [0.3, 0.4) is 0 Å². The molecule has 0 saturated carbocycles. The van der Waals surface area contributed by atoms with Gasteiger partial charge in [0.1, 0.15) is 24.0 Å². The van der Waals surface area contributed by atoms with Crippen LogP contribution in [0, 0.1) is 17.1 Å². The monoisotopic (exact) mass is 481 g/mol. The number of nitrogens with zero attached hydrogens (tertiary/aromatic N) is 2. The number of benzene rings is 2. The second-order valence-corrected chi connectivity index (χ2v) is 8.52. The molecule has 5 nitrogen and oxygen atoms in total. The van der Waals surface area contributed by atoms with E-state index in [-0.39, 0.29) is 18.2 Å². The van der Waals surface area contributed by atoms with Gasteiger partial charge >= 0.3 is 0 Å². The molecule has 1 heterocycles. The van der Waals surface area contributed by atoms with Crippen molar-refractivity contribution in [3.63, 3.8) is 0 Å². The summed E-state index contributed by atoms with van der Waals surface area (Å²) in [4.78, 5) is 14.7. The first kappa shape index (κ1) is 21.1. The number of hydrogen-bond acceptors (Lipinski definition) is 5. The lowest BCUT2D eigenvalue weighted by Crippen LogP contribution is -2.36. The maximum Gasteiger partial charge on any atom is 0.161 e. The van der Waals surface area contributed by atoms with Gasteiger partial charge in [0.2, 0.25) is 0 Å². The Morgan fingerprint density at radius 2 is 2.06 bits per heavy atom. The molecule has 1 aliphatic heterocycles. The van der Waals surface area contributed by atoms with Crippen LogP contribution in [0.4, 0.5) is 4.39 Å². The zero-order valence-corrected chi connectivity index (χ0v) is 18.6. The molecule has 2 aliphatic rings. The van der Waals surface area contributed by atoms with Gasteiger partial charge in [-0.05, 0) is 37.1 Å². The lowest BCUT2D eigenvalue weighted by Gasteiger charge is -2.38. The second kappa shape index (κ2) is 8.56. The molecule has 0 aromatic heterocycles. The predicted octanol–water partition coefficient (Wildman–Crippen LogP) is 4.90. The normalized spacial score (nSPS) is 18.7. The highest BCUT2D eigenvalue weighted by Gasteiger charge is 2.39. The summed E-state index contributed by atoms with van der Waals surface area (Å²) in [5.41, 5.74) is 9.14. The first-order valence-corrected chi connectivity index (χ1v) is 10.8. The van der Waals surface area contributed by atoms with E-state index in [9.17, 15) is 14.4 Å². The third-order valence-electron chi connectivity index (χ3n) is 5.79. The van der Waals surface area contributed by atoms with E-state index in [1.807, 2.05) is 12.1 Å². The third-order valence-corrected chi connectivity index (χ3v) is 6.29. The molecule has 4 rings (SSSR count). The summed E-state index contributed by atoms with van der Waals surface area (Å²) in [6.45, 7) is 0.0227. The maximum atomic E-state index is 14.1. The fourth-order valence-electron chi connectivity index (χ4n) is 4.22. The Hall–Kier alpha value is -3.11. The molecule has 1 aliphatic carbocycles. The minimum atomic E-state index is -0.628. The van der Waals surface area contributed by atoms with Crippen molar-refractivity contribution in [3.8, 4) is 11.8 Å². The van der Waals surface area contributed by atoms with Gasteiger partial charge in [0, 0.05) is 40.3 Å². The molecule has 2 aromatic carbocycles. The van der Waals surface area contributed by atoms with Crippen LogP contribution in [0.2, 0.25) is 0 Å². The van der Waals surface area contributed by atoms with Crippen molar-refractivity contribution >= 4 is 21.7 Å². The summed E-state index contributed by atoms with van der Waals surface area (Å²) in [5.74, 6) is -0.155. The van der Waals surface area contributed by atoms with Crippen LogP contribution in [-0.2, 0) is 11.4 Å². The lowest BCUT2D eigenvalue weighted by molar-refractivity contribution is -0.116. The number of nitrogens with two attached hydrogens (primary N) is 1. The first-order valence-electron chi connectivity index (χ1n) is 9.97. The second-order valence-electron chi connectivity index (χ2n) is 7.60. The van der Waals surface area contributed by atoms with Gasteiger partial charge in [-0.2, -0.15) is 5.26 Å². The minimum absolute atomic E-state index is 0.0124. The Labute approximate surface area is 188 Å². The molecule has 0 spiro atoms. The van der Waals surface area contributed by atoms with Crippen LogP contribution >= 0.6 is 15.9 Å². The molecular formula is C24H21BrFN3O2. The molecule has 2 aromatic rings. The smallest absolute Gasteiger partial charge is 0.161 e. The summed E-state index contributed by atoms with van der Waals surface area (Å²) < 4.78 is 20.9. The SMILES string of the molecule is CN1C(N)=C(C#N)[C@H](c2cc(Br)ccc2OCc2ccccc2F)C2=C1CCCC2=O. The van der Waals surface area contributed by atoms with Crippen molar-refractivity contribution in [1.29, 1.82) is 5.26 Å². The van der Waals surface area contributed by atoms with Crippen molar-refractivity contribution in [3.05, 3.63) is 86.5 Å². The maximum absolute atomic E-state index is 14.1. The number of hydrogen-bond donors (Lipinski definition) is 1. The number of rotatable bonds is 4. The molecule has 2 N–H and O–H groups in total. The minimum Gasteiger partial charge on any atom is -0.488 e. The molecular weight excluding hydrogens is 461 g/mol. The highest BCUT2D eigenvalue weighted by molar-refractivity contribution is 9.10. The molecule has 31 heavy (non-hydrogen) atoms. The van der Waals surface area contributed by atoms with E-state index in [1.54, 1.807) is 36.2 Å². The summed E-state index contributed by atoms with van der Waals surface area (Å²) >= 11 is 3.49. The largest absolute Gasteiger partial charge is 0.488 e. The Balaban J connectivity index is 1.82. The van der Waals surface area contributed by atoms with Crippen LogP contribution in [0.5, 0.6) is 5.75 Å². The summed E-state index contributed by atoms with van der Waals surface area (Å²) in [6.07, 6.45) is 1.90. The van der Waals surface area contributed by atoms with Crippen LogP contribution in [0.25, 0.3) is 0 Å². The van der Waals surface area contributed by atoms with Gasteiger partial charge in [-0.25, -0.2) is 4.39 Å². The number of carbonyl (C=O) groups excluding carboxylic acids is 1. The molecule has 158 valence electrons. The highest BCUT2D eigenvalue weighted by atomic mass is 79.9. The molecule has 0 bridgehead atoms. The van der Waals surface area contributed by atoms with E-state index in [0.717, 1.165) is 16.6 Å². The molecule has 0 saturated heterocycles. The molecule has 0 amide bonds. The molecule has 0 fully saturated rings. The van der Waals surface area contributed by atoms with Gasteiger partial charge in [0.15, 0.2) is 5.78 Å². The van der Waals surface area contributed by atoms with Crippen molar-refractivity contribution in [2.75, 3.05) is 7.05 Å². The van der Waals surface area contributed by atoms with Gasteiger partial charge < -0.3 is 15.4 Å². The number of allylic oxidation sites excluding steroid dienone is 3. The first-order chi connectivity index (χ1) is 14.9. The van der Waals surface area contributed by atoms with Crippen molar-refractivity contribution in [2.24, 2.45) is 5.73 Å². The Bertz CT molecular complexity index is 1170. The van der Waals surface area contributed by atoms with Crippen molar-refractivity contribution in [1.82, 2.24) is 4.90 Å². The van der Waals surface area contributed by atoms with E-state index in [4.69, 9.17) is 10.5 Å². The molecule has 0 unspecified atom stereocenters. The summed E-state index contributed by atoms with van der Waals surface area (Å²) in [7, 11) is 1.79. The van der Waals surface area contributed by atoms with Crippen molar-refractivity contribution < 1.29 is 13.9 Å². The Morgan fingerprint density at radius 3 is 2.81 bits per heavy atom. The standard InChI is InChI=1S/C24H21BrFN3O2/c1-29-19-7-4-8-20(30)23(19)22(17(12-27)24(29)28)16-11-15(25)9-10-21(16)31-13-14-5-2-3-6-18(14)26/h2-3,5-6,9-11,22H,4,7-8,13,28H2,1H3/t22-/m0/s1. The number of carbonyl (C=O) groups is 1. The fraction of sp³-hybridized carbons (Fsp3) is 0.250. The van der Waals surface area contributed by atoms with E-state index in [1.165, 1.54) is 6.07 Å². The van der Waals surface area contributed by atoms with Gasteiger partial charge in [0.25, 0.3) is 0 Å². The third kappa shape index (κ3) is 3.84. The summed E-state index contributed by atoms with van der Waals surface area (Å²) in [6, 6.07) is 14.0. The number of Topliss-reactive ketones (excluding diaryl/α,β-unsaturated/α-hetero) is 1. The molecule has 0 radical (unpaired) electrons. The Kier molecular flexibility index (Phi) is 5.84. The highest BCUT2D eigenvalue weighted by Crippen LogP contribution is 2.47. The lowest BCUT2D eigenvalue weighted by atomic mass is 9.75. The number of nitriles is 1. The summed E-state index contributed by atoms with van der Waals surface area (Å²) in [5, 5.41) is 9.94. The fourth-order valence-corrected chi connectivity index (χ4v) is 4.60. The number of ketones is 1. The topological polar surface area (TPSA) is 79.3 Å². The average molecular weight is 482 g/mol. The molecule has 7 heteroatoms. The average Bonchev–Trinajstić information content (AvgIpc) is 2.76. The zero-order chi connectivity index (χ0) is 22.1. The predicted molar refractivity (Wildman–Crippen MR) is 118 cm³/mol. The Morgan fingerprint density at radius 1 is 1.29 bits per heavy atom.